The van der Waals surface area contributed by atoms with Gasteiger partial charge in [0.1, 0.15) is 5.75 Å². The van der Waals surface area contributed by atoms with Crippen LogP contribution in [-0.2, 0) is 9.53 Å². The number of fused-ring (bicyclic) bond motifs is 1. The molecule has 0 amide bonds. The minimum atomic E-state index is -0.183. The SMILES string of the molecule is CCOC(=O)CCCOc1cccc(/C=C/c2ccc3ccc(Br)cc3n2)c1. The number of benzene rings is 2. The van der Waals surface area contributed by atoms with Gasteiger partial charge in [-0.25, -0.2) is 4.98 Å². The number of nitrogens with zero attached hydrogens (tertiary/aromatic N) is 1. The second-order valence-electron chi connectivity index (χ2n) is 6.24. The Labute approximate surface area is 173 Å². The van der Waals surface area contributed by atoms with Gasteiger partial charge in [0.05, 0.1) is 24.4 Å². The van der Waals surface area contributed by atoms with Crippen LogP contribution in [0.4, 0.5) is 0 Å². The van der Waals surface area contributed by atoms with Gasteiger partial charge in [-0.15, -0.1) is 0 Å². The van der Waals surface area contributed by atoms with E-state index in [2.05, 4.69) is 27.0 Å². The number of halogens is 1. The van der Waals surface area contributed by atoms with Gasteiger partial charge in [-0.3, -0.25) is 4.79 Å². The molecule has 0 bridgehead atoms. The Morgan fingerprint density at radius 2 is 1.96 bits per heavy atom. The Morgan fingerprint density at radius 3 is 2.82 bits per heavy atom. The van der Waals surface area contributed by atoms with Crippen LogP contribution < -0.4 is 4.74 Å². The molecule has 0 spiro atoms. The lowest BCUT2D eigenvalue weighted by Gasteiger charge is -2.07. The fourth-order valence-electron chi connectivity index (χ4n) is 2.73. The maximum atomic E-state index is 11.3. The highest BCUT2D eigenvalue weighted by Gasteiger charge is 2.02. The number of rotatable bonds is 8. The molecule has 3 aromatic rings. The van der Waals surface area contributed by atoms with Crippen molar-refractivity contribution in [1.82, 2.24) is 4.98 Å². The summed E-state index contributed by atoms with van der Waals surface area (Å²) >= 11 is 3.48. The molecule has 0 saturated heterocycles. The van der Waals surface area contributed by atoms with Crippen molar-refractivity contribution in [1.29, 1.82) is 0 Å². The number of carbonyl (C=O) groups excluding carboxylic acids is 1. The van der Waals surface area contributed by atoms with Gasteiger partial charge >= 0.3 is 5.97 Å². The Hall–Kier alpha value is -2.66. The van der Waals surface area contributed by atoms with Crippen molar-refractivity contribution in [3.63, 3.8) is 0 Å². The van der Waals surface area contributed by atoms with Crippen molar-refractivity contribution in [2.75, 3.05) is 13.2 Å². The monoisotopic (exact) mass is 439 g/mol. The molecule has 28 heavy (non-hydrogen) atoms. The molecule has 0 unspecified atom stereocenters. The fourth-order valence-corrected chi connectivity index (χ4v) is 3.08. The third-order valence-corrected chi connectivity index (χ3v) is 4.57. The minimum absolute atomic E-state index is 0.183. The number of ether oxygens (including phenoxy) is 2. The summed E-state index contributed by atoms with van der Waals surface area (Å²) in [5.74, 6) is 0.596. The highest BCUT2D eigenvalue weighted by Crippen LogP contribution is 2.20. The first-order valence-electron chi connectivity index (χ1n) is 9.27. The van der Waals surface area contributed by atoms with Crippen LogP contribution >= 0.6 is 15.9 Å². The van der Waals surface area contributed by atoms with Crippen molar-refractivity contribution in [2.45, 2.75) is 19.8 Å². The molecule has 0 atom stereocenters. The van der Waals surface area contributed by atoms with Gasteiger partial charge in [0.15, 0.2) is 0 Å². The first-order valence-corrected chi connectivity index (χ1v) is 10.1. The van der Waals surface area contributed by atoms with Crippen LogP contribution in [0.3, 0.4) is 0 Å². The first-order chi connectivity index (χ1) is 13.6. The Balaban J connectivity index is 1.60. The van der Waals surface area contributed by atoms with Gasteiger partial charge in [0.2, 0.25) is 0 Å². The predicted octanol–water partition coefficient (Wildman–Crippen LogP) is 5.89. The number of pyridine rings is 1. The van der Waals surface area contributed by atoms with Crippen LogP contribution in [0.25, 0.3) is 23.1 Å². The van der Waals surface area contributed by atoms with Crippen molar-refractivity contribution in [2.24, 2.45) is 0 Å². The van der Waals surface area contributed by atoms with Gasteiger partial charge in [0.25, 0.3) is 0 Å². The summed E-state index contributed by atoms with van der Waals surface area (Å²) in [4.78, 5) is 16.0. The molecule has 0 aliphatic carbocycles. The van der Waals surface area contributed by atoms with Crippen molar-refractivity contribution in [3.8, 4) is 5.75 Å². The molecule has 0 fully saturated rings. The van der Waals surface area contributed by atoms with Crippen LogP contribution in [0.5, 0.6) is 5.75 Å². The third kappa shape index (κ3) is 5.92. The molecule has 0 aliphatic heterocycles. The predicted molar refractivity (Wildman–Crippen MR) is 116 cm³/mol. The van der Waals surface area contributed by atoms with Crippen molar-refractivity contribution in [3.05, 3.63) is 70.3 Å². The number of carbonyl (C=O) groups is 1. The number of hydrogen-bond donors (Lipinski definition) is 0. The summed E-state index contributed by atoms with van der Waals surface area (Å²) in [5, 5.41) is 1.11. The lowest BCUT2D eigenvalue weighted by atomic mass is 10.1. The van der Waals surface area contributed by atoms with E-state index in [-0.39, 0.29) is 5.97 Å². The summed E-state index contributed by atoms with van der Waals surface area (Å²) in [6.45, 7) is 2.70. The van der Waals surface area contributed by atoms with E-state index in [4.69, 9.17) is 9.47 Å². The molecule has 0 radical (unpaired) electrons. The maximum absolute atomic E-state index is 11.3. The molecule has 2 aromatic carbocycles. The molecule has 4 nitrogen and oxygen atoms in total. The smallest absolute Gasteiger partial charge is 0.305 e. The van der Waals surface area contributed by atoms with E-state index in [1.165, 1.54) is 0 Å². The van der Waals surface area contributed by atoms with Crippen LogP contribution in [0.2, 0.25) is 0 Å². The van der Waals surface area contributed by atoms with Gasteiger partial charge in [-0.2, -0.15) is 0 Å². The van der Waals surface area contributed by atoms with Gasteiger partial charge in [-0.05, 0) is 55.3 Å². The molecule has 0 saturated carbocycles. The molecular formula is C23H22BrNO3. The van der Waals surface area contributed by atoms with E-state index in [1.54, 1.807) is 6.92 Å². The van der Waals surface area contributed by atoms with Crippen LogP contribution in [0.15, 0.2) is 59.1 Å². The largest absolute Gasteiger partial charge is 0.494 e. The number of hydrogen-bond acceptors (Lipinski definition) is 4. The Bertz CT molecular complexity index is 984. The highest BCUT2D eigenvalue weighted by atomic mass is 79.9. The summed E-state index contributed by atoms with van der Waals surface area (Å²) in [5.41, 5.74) is 2.88. The normalized spacial score (nSPS) is 11.1. The van der Waals surface area contributed by atoms with Crippen molar-refractivity contribution < 1.29 is 14.3 Å². The zero-order chi connectivity index (χ0) is 19.8. The van der Waals surface area contributed by atoms with Crippen molar-refractivity contribution >= 4 is 45.0 Å². The van der Waals surface area contributed by atoms with Crippen LogP contribution in [-0.4, -0.2) is 24.2 Å². The standard InChI is InChI=1S/C23H22BrNO3/c1-2-27-23(26)7-4-14-28-21-6-3-5-17(15-21)8-12-20-13-10-18-9-11-19(24)16-22(18)25-20/h3,5-6,8-13,15-16H,2,4,7,14H2,1H3/b12-8+. The zero-order valence-corrected chi connectivity index (χ0v) is 17.3. The maximum Gasteiger partial charge on any atom is 0.305 e. The summed E-state index contributed by atoms with van der Waals surface area (Å²) in [6, 6.07) is 18.0. The summed E-state index contributed by atoms with van der Waals surface area (Å²) in [7, 11) is 0. The zero-order valence-electron chi connectivity index (χ0n) is 15.7. The third-order valence-electron chi connectivity index (χ3n) is 4.08. The van der Waals surface area contributed by atoms with E-state index in [0.29, 0.717) is 26.1 Å². The Kier molecular flexibility index (Phi) is 7.20. The van der Waals surface area contributed by atoms with Gasteiger partial charge < -0.3 is 9.47 Å². The first kappa shape index (κ1) is 20.1. The molecule has 0 aliphatic rings. The van der Waals surface area contributed by atoms with E-state index >= 15 is 0 Å². The van der Waals surface area contributed by atoms with E-state index < -0.39 is 0 Å². The molecule has 0 N–H and O–H groups in total. The second kappa shape index (κ2) is 10.0. The molecule has 1 aromatic heterocycles. The number of aromatic nitrogens is 1. The average Bonchev–Trinajstić information content (AvgIpc) is 2.70. The quantitative estimate of drug-likeness (QED) is 0.324. The molecule has 1 heterocycles. The van der Waals surface area contributed by atoms with Crippen LogP contribution in [0, 0.1) is 0 Å². The number of esters is 1. The molecule has 5 heteroatoms. The second-order valence-corrected chi connectivity index (χ2v) is 7.15. The fraction of sp³-hybridized carbons (Fsp3) is 0.217. The Morgan fingerprint density at radius 1 is 1.11 bits per heavy atom. The summed E-state index contributed by atoms with van der Waals surface area (Å²) < 4.78 is 11.7. The molecule has 144 valence electrons. The molecule has 3 rings (SSSR count). The topological polar surface area (TPSA) is 48.4 Å². The van der Waals surface area contributed by atoms with E-state index in [1.807, 2.05) is 60.7 Å². The summed E-state index contributed by atoms with van der Waals surface area (Å²) in [6.07, 6.45) is 5.00. The average molecular weight is 440 g/mol. The minimum Gasteiger partial charge on any atom is -0.494 e. The van der Waals surface area contributed by atoms with E-state index in [0.717, 1.165) is 32.4 Å². The van der Waals surface area contributed by atoms with Gasteiger partial charge in [-0.1, -0.05) is 46.3 Å². The lowest BCUT2D eigenvalue weighted by Crippen LogP contribution is -2.06. The van der Waals surface area contributed by atoms with E-state index in [9.17, 15) is 4.79 Å². The molecular weight excluding hydrogens is 418 g/mol. The van der Waals surface area contributed by atoms with Gasteiger partial charge in [0, 0.05) is 16.3 Å². The highest BCUT2D eigenvalue weighted by molar-refractivity contribution is 9.10. The van der Waals surface area contributed by atoms with Crippen LogP contribution in [0.1, 0.15) is 31.0 Å². The lowest BCUT2D eigenvalue weighted by molar-refractivity contribution is -0.143.